The molecule has 0 unspecified atom stereocenters. The summed E-state index contributed by atoms with van der Waals surface area (Å²) >= 11 is 0. The van der Waals surface area contributed by atoms with Gasteiger partial charge in [0.25, 0.3) is 0 Å². The maximum atomic E-state index is 12.8. The van der Waals surface area contributed by atoms with Gasteiger partial charge >= 0.3 is 6.03 Å². The van der Waals surface area contributed by atoms with Crippen molar-refractivity contribution in [1.29, 1.82) is 0 Å². The highest BCUT2D eigenvalue weighted by atomic mass is 16.3. The van der Waals surface area contributed by atoms with Gasteiger partial charge in [-0.2, -0.15) is 5.10 Å². The Hall–Kier alpha value is -3.02. The van der Waals surface area contributed by atoms with Gasteiger partial charge in [-0.05, 0) is 37.6 Å². The number of fused-ring (bicyclic) bond motifs is 1. The van der Waals surface area contributed by atoms with Crippen molar-refractivity contribution in [2.45, 2.75) is 26.3 Å². The summed E-state index contributed by atoms with van der Waals surface area (Å²) in [5.74, 6) is 0.989. The number of urea groups is 1. The molecule has 0 atom stereocenters. The Morgan fingerprint density at radius 2 is 2.12 bits per heavy atom. The van der Waals surface area contributed by atoms with E-state index in [2.05, 4.69) is 10.4 Å². The van der Waals surface area contributed by atoms with Crippen LogP contribution in [-0.4, -0.2) is 27.3 Å². The van der Waals surface area contributed by atoms with Gasteiger partial charge in [-0.15, -0.1) is 0 Å². The number of rotatable bonds is 2. The van der Waals surface area contributed by atoms with Gasteiger partial charge in [-0.3, -0.25) is 0 Å². The molecular formula is C19H20N4O2. The zero-order valence-electron chi connectivity index (χ0n) is 14.1. The molecule has 25 heavy (non-hydrogen) atoms. The second-order valence-electron chi connectivity index (χ2n) is 6.24. The van der Waals surface area contributed by atoms with Crippen LogP contribution in [0.3, 0.4) is 0 Å². The highest BCUT2D eigenvalue weighted by Crippen LogP contribution is 2.23. The van der Waals surface area contributed by atoms with Gasteiger partial charge in [0.05, 0.1) is 29.9 Å². The number of furan rings is 1. The van der Waals surface area contributed by atoms with E-state index in [0.29, 0.717) is 13.1 Å². The van der Waals surface area contributed by atoms with E-state index in [4.69, 9.17) is 4.42 Å². The van der Waals surface area contributed by atoms with Gasteiger partial charge in [0.2, 0.25) is 0 Å². The summed E-state index contributed by atoms with van der Waals surface area (Å²) in [6.45, 7) is 3.22. The molecule has 1 aromatic carbocycles. The number of aromatic nitrogens is 2. The van der Waals surface area contributed by atoms with Gasteiger partial charge in [0, 0.05) is 24.7 Å². The number of amides is 2. The van der Waals surface area contributed by atoms with Crippen LogP contribution in [0.4, 0.5) is 10.5 Å². The van der Waals surface area contributed by atoms with E-state index in [-0.39, 0.29) is 6.03 Å². The molecule has 3 aromatic rings. The lowest BCUT2D eigenvalue weighted by Crippen LogP contribution is -2.34. The van der Waals surface area contributed by atoms with Crippen LogP contribution >= 0.6 is 0 Å². The second-order valence-corrected chi connectivity index (χ2v) is 6.24. The van der Waals surface area contributed by atoms with Gasteiger partial charge < -0.3 is 14.6 Å². The first-order valence-electron chi connectivity index (χ1n) is 8.43. The maximum absolute atomic E-state index is 12.8. The molecule has 0 radical (unpaired) electrons. The fourth-order valence-corrected chi connectivity index (χ4v) is 3.14. The van der Waals surface area contributed by atoms with Gasteiger partial charge in [-0.1, -0.05) is 12.1 Å². The van der Waals surface area contributed by atoms with Crippen LogP contribution in [-0.2, 0) is 13.0 Å². The lowest BCUT2D eigenvalue weighted by Gasteiger charge is -2.21. The van der Waals surface area contributed by atoms with E-state index >= 15 is 0 Å². The molecular weight excluding hydrogens is 316 g/mol. The molecule has 0 fully saturated rings. The predicted molar refractivity (Wildman–Crippen MR) is 94.8 cm³/mol. The molecule has 1 aliphatic rings. The number of nitrogens with zero attached hydrogens (tertiary/aromatic N) is 3. The minimum Gasteiger partial charge on any atom is -0.469 e. The topological polar surface area (TPSA) is 63.3 Å². The van der Waals surface area contributed by atoms with Crippen molar-refractivity contribution in [2.24, 2.45) is 0 Å². The zero-order chi connectivity index (χ0) is 17.2. The molecule has 0 saturated carbocycles. The number of nitrogens with one attached hydrogen (secondary N) is 1. The molecule has 0 saturated heterocycles. The third-order valence-corrected chi connectivity index (χ3v) is 4.43. The molecule has 0 aliphatic carbocycles. The smallest absolute Gasteiger partial charge is 0.322 e. The molecule has 6 heteroatoms. The standard InChI is InChI=1S/C19H20N4O2/c1-14-8-11-23(21-14)17-6-3-2-5-16(17)20-19(24)22-10-4-7-18-15(13-22)9-12-25-18/h2-3,5-6,8-9,11-12H,4,7,10,13H2,1H3,(H,20,24). The molecule has 1 aliphatic heterocycles. The molecule has 2 aromatic heterocycles. The number of aryl methyl sites for hydroxylation is 2. The molecule has 0 spiro atoms. The number of carbonyl (C=O) groups is 1. The van der Waals surface area contributed by atoms with Crippen LogP contribution in [0.1, 0.15) is 23.4 Å². The summed E-state index contributed by atoms with van der Waals surface area (Å²) in [6, 6.07) is 11.5. The molecule has 2 amide bonds. The predicted octanol–water partition coefficient (Wildman–Crippen LogP) is 3.75. The van der Waals surface area contributed by atoms with Crippen LogP contribution in [0, 0.1) is 6.92 Å². The lowest BCUT2D eigenvalue weighted by atomic mass is 10.2. The molecule has 0 bridgehead atoms. The zero-order valence-corrected chi connectivity index (χ0v) is 14.1. The first kappa shape index (κ1) is 15.5. The van der Waals surface area contributed by atoms with Crippen molar-refractivity contribution < 1.29 is 9.21 Å². The molecule has 6 nitrogen and oxygen atoms in total. The summed E-state index contributed by atoms with van der Waals surface area (Å²) in [5.41, 5.74) is 3.61. The van der Waals surface area contributed by atoms with Crippen LogP contribution in [0.25, 0.3) is 5.69 Å². The highest BCUT2D eigenvalue weighted by molar-refractivity contribution is 5.91. The Morgan fingerprint density at radius 3 is 2.96 bits per heavy atom. The number of anilines is 1. The quantitative estimate of drug-likeness (QED) is 0.775. The average Bonchev–Trinajstić information content (AvgIpc) is 3.19. The van der Waals surface area contributed by atoms with Gasteiger partial charge in [0.1, 0.15) is 5.76 Å². The summed E-state index contributed by atoms with van der Waals surface area (Å²) in [6.07, 6.45) is 5.36. The Bertz CT molecular complexity index is 896. The SMILES string of the molecule is Cc1ccn(-c2ccccc2NC(=O)N2CCCc3occc3C2)n1. The number of hydrogen-bond donors (Lipinski definition) is 1. The van der Waals surface area contributed by atoms with Crippen LogP contribution in [0.15, 0.2) is 53.3 Å². The summed E-state index contributed by atoms with van der Waals surface area (Å²) in [5, 5.41) is 7.47. The largest absolute Gasteiger partial charge is 0.469 e. The monoisotopic (exact) mass is 336 g/mol. The number of carbonyl (C=O) groups excluding carboxylic acids is 1. The highest BCUT2D eigenvalue weighted by Gasteiger charge is 2.21. The Labute approximate surface area is 146 Å². The summed E-state index contributed by atoms with van der Waals surface area (Å²) in [4.78, 5) is 14.6. The van der Waals surface area contributed by atoms with E-state index in [1.165, 1.54) is 0 Å². The van der Waals surface area contributed by atoms with Crippen molar-refractivity contribution in [3.05, 3.63) is 65.9 Å². The second kappa shape index (κ2) is 6.47. The third-order valence-electron chi connectivity index (χ3n) is 4.43. The normalized spacial score (nSPS) is 14.0. The first-order valence-corrected chi connectivity index (χ1v) is 8.43. The van der Waals surface area contributed by atoms with Crippen molar-refractivity contribution >= 4 is 11.7 Å². The molecule has 1 N–H and O–H groups in total. The van der Waals surface area contributed by atoms with E-state index in [1.54, 1.807) is 10.9 Å². The molecule has 128 valence electrons. The van der Waals surface area contributed by atoms with Crippen LogP contribution in [0.2, 0.25) is 0 Å². The molecule has 3 heterocycles. The van der Waals surface area contributed by atoms with Crippen LogP contribution in [0.5, 0.6) is 0 Å². The third kappa shape index (κ3) is 3.15. The van der Waals surface area contributed by atoms with E-state index < -0.39 is 0 Å². The number of hydrogen-bond acceptors (Lipinski definition) is 3. The van der Waals surface area contributed by atoms with Crippen LogP contribution < -0.4 is 5.32 Å². The fraction of sp³-hybridized carbons (Fsp3) is 0.263. The van der Waals surface area contributed by atoms with Gasteiger partial charge in [0.15, 0.2) is 0 Å². The van der Waals surface area contributed by atoms with Crippen molar-refractivity contribution in [3.8, 4) is 5.69 Å². The van der Waals surface area contributed by atoms with E-state index in [0.717, 1.165) is 41.2 Å². The van der Waals surface area contributed by atoms with E-state index in [1.807, 2.05) is 54.4 Å². The Morgan fingerprint density at radius 1 is 1.24 bits per heavy atom. The minimum absolute atomic E-state index is 0.106. The van der Waals surface area contributed by atoms with Gasteiger partial charge in [-0.25, -0.2) is 9.48 Å². The summed E-state index contributed by atoms with van der Waals surface area (Å²) < 4.78 is 7.27. The Balaban J connectivity index is 1.55. The minimum atomic E-state index is -0.106. The van der Waals surface area contributed by atoms with E-state index in [9.17, 15) is 4.79 Å². The Kier molecular flexibility index (Phi) is 4.01. The fourth-order valence-electron chi connectivity index (χ4n) is 3.14. The van der Waals surface area contributed by atoms with Crippen molar-refractivity contribution in [1.82, 2.24) is 14.7 Å². The number of para-hydroxylation sites is 2. The lowest BCUT2D eigenvalue weighted by molar-refractivity contribution is 0.210. The average molecular weight is 336 g/mol. The summed E-state index contributed by atoms with van der Waals surface area (Å²) in [7, 11) is 0. The number of benzene rings is 1. The maximum Gasteiger partial charge on any atom is 0.322 e. The van der Waals surface area contributed by atoms with Crippen molar-refractivity contribution in [2.75, 3.05) is 11.9 Å². The first-order chi connectivity index (χ1) is 12.2. The molecule has 4 rings (SSSR count). The van der Waals surface area contributed by atoms with Crippen molar-refractivity contribution in [3.63, 3.8) is 0 Å².